The Morgan fingerprint density at radius 1 is 1.09 bits per heavy atom. The molecule has 4 rings (SSSR count). The average Bonchev–Trinajstić information content (AvgIpc) is 3.33. The topological polar surface area (TPSA) is 99.6 Å². The Bertz CT molecular complexity index is 1300. The Morgan fingerprint density at radius 3 is 2.64 bits per heavy atom. The number of halogens is 1. The third-order valence-corrected chi connectivity index (χ3v) is 5.28. The molecule has 0 aliphatic heterocycles. The lowest BCUT2D eigenvalue weighted by molar-refractivity contribution is 0.0950. The number of benzene rings is 3. The van der Waals surface area contributed by atoms with Gasteiger partial charge in [0.2, 0.25) is 0 Å². The van der Waals surface area contributed by atoms with Crippen molar-refractivity contribution >= 4 is 23.2 Å². The minimum absolute atomic E-state index is 0.131. The van der Waals surface area contributed by atoms with Gasteiger partial charge in [0.05, 0.1) is 11.4 Å². The monoisotopic (exact) mass is 460 g/mol. The Balaban J connectivity index is 1.38. The first-order valence-electron chi connectivity index (χ1n) is 10.2. The summed E-state index contributed by atoms with van der Waals surface area (Å²) in [6.07, 6.45) is 0. The quantitative estimate of drug-likeness (QED) is 0.261. The molecule has 1 aromatic heterocycles. The number of aromatic nitrogens is 2. The Hall–Kier alpha value is -4.10. The van der Waals surface area contributed by atoms with E-state index < -0.39 is 5.91 Å². The summed E-state index contributed by atoms with van der Waals surface area (Å²) < 4.78 is 5.80. The molecule has 0 saturated carbocycles. The number of carbonyl (C=O) groups is 1. The number of H-pyrrole nitrogens is 1. The van der Waals surface area contributed by atoms with Crippen molar-refractivity contribution in [3.8, 4) is 22.8 Å². The second-order valence-electron chi connectivity index (χ2n) is 7.26. The van der Waals surface area contributed by atoms with Crippen molar-refractivity contribution in [3.05, 3.63) is 101 Å². The third-order valence-electron chi connectivity index (χ3n) is 4.91. The minimum Gasteiger partial charge on any atom is -0.508 e. The van der Waals surface area contributed by atoms with E-state index in [9.17, 15) is 9.90 Å². The first kappa shape index (κ1) is 22.1. The molecule has 0 radical (unpaired) electrons. The number of phenols is 1. The van der Waals surface area contributed by atoms with E-state index in [0.717, 1.165) is 11.1 Å². The van der Waals surface area contributed by atoms with Gasteiger partial charge in [-0.05, 0) is 55.5 Å². The predicted molar refractivity (Wildman–Crippen MR) is 128 cm³/mol. The van der Waals surface area contributed by atoms with E-state index in [1.165, 1.54) is 0 Å². The summed E-state index contributed by atoms with van der Waals surface area (Å²) in [5.74, 6) is 0.406. The number of amides is 1. The highest BCUT2D eigenvalue weighted by molar-refractivity contribution is 6.31. The summed E-state index contributed by atoms with van der Waals surface area (Å²) in [6, 6.07) is 23.2. The molecular formula is C25H21ClN4O3. The van der Waals surface area contributed by atoms with Crippen LogP contribution in [0.1, 0.15) is 28.5 Å². The number of hydrogen-bond acceptors (Lipinski definition) is 5. The number of hydrazone groups is 1. The first-order chi connectivity index (χ1) is 16.0. The van der Waals surface area contributed by atoms with Gasteiger partial charge in [0.15, 0.2) is 0 Å². The highest BCUT2D eigenvalue weighted by Gasteiger charge is 2.11. The molecule has 8 heteroatoms. The Labute approximate surface area is 195 Å². The first-order valence-corrected chi connectivity index (χ1v) is 10.5. The molecule has 0 atom stereocenters. The summed E-state index contributed by atoms with van der Waals surface area (Å²) in [7, 11) is 0. The zero-order chi connectivity index (χ0) is 23.2. The molecule has 33 heavy (non-hydrogen) atoms. The molecule has 4 aromatic rings. The summed E-state index contributed by atoms with van der Waals surface area (Å²) in [4.78, 5) is 12.4. The number of carbonyl (C=O) groups excluding carboxylic acids is 1. The van der Waals surface area contributed by atoms with Crippen molar-refractivity contribution in [3.63, 3.8) is 0 Å². The molecule has 166 valence electrons. The second-order valence-corrected chi connectivity index (χ2v) is 7.67. The highest BCUT2D eigenvalue weighted by Crippen LogP contribution is 2.23. The number of rotatable bonds is 7. The van der Waals surface area contributed by atoms with Crippen molar-refractivity contribution in [1.82, 2.24) is 15.6 Å². The number of nitrogens with zero attached hydrogens (tertiary/aromatic N) is 2. The van der Waals surface area contributed by atoms with Gasteiger partial charge in [-0.15, -0.1) is 0 Å². The molecule has 0 saturated heterocycles. The standard InChI is InChI=1S/C25H21ClN4O3/c1-16(18-6-4-7-20(31)13-18)27-30-25(32)24-14-23(28-29-24)17-9-11-21(12-10-17)33-15-19-5-2-3-8-22(19)26/h2-14,31H,15H2,1H3,(H,28,29)(H,30,32)/b27-16-. The van der Waals surface area contributed by atoms with Crippen molar-refractivity contribution in [2.45, 2.75) is 13.5 Å². The number of ether oxygens (including phenoxy) is 1. The third kappa shape index (κ3) is 5.58. The van der Waals surface area contributed by atoms with Gasteiger partial charge in [-0.2, -0.15) is 10.2 Å². The lowest BCUT2D eigenvalue weighted by Crippen LogP contribution is -2.19. The Morgan fingerprint density at radius 2 is 1.88 bits per heavy atom. The molecule has 7 nitrogen and oxygen atoms in total. The van der Waals surface area contributed by atoms with Crippen LogP contribution in [0.3, 0.4) is 0 Å². The fourth-order valence-corrected chi connectivity index (χ4v) is 3.27. The van der Waals surface area contributed by atoms with E-state index in [1.54, 1.807) is 37.3 Å². The number of aromatic amines is 1. The maximum absolute atomic E-state index is 12.4. The van der Waals surface area contributed by atoms with Crippen LogP contribution >= 0.6 is 11.6 Å². The minimum atomic E-state index is -0.423. The van der Waals surface area contributed by atoms with Crippen LogP contribution in [0.2, 0.25) is 5.02 Å². The fourth-order valence-electron chi connectivity index (χ4n) is 3.07. The normalized spacial score (nSPS) is 11.3. The molecule has 1 amide bonds. The fraction of sp³-hybridized carbons (Fsp3) is 0.0800. The van der Waals surface area contributed by atoms with Crippen LogP contribution in [-0.2, 0) is 6.61 Å². The van der Waals surface area contributed by atoms with Gasteiger partial charge in [0.25, 0.3) is 5.91 Å². The van der Waals surface area contributed by atoms with E-state index >= 15 is 0 Å². The lowest BCUT2D eigenvalue weighted by Gasteiger charge is -2.08. The summed E-state index contributed by atoms with van der Waals surface area (Å²) in [5, 5.41) is 21.3. The van der Waals surface area contributed by atoms with Gasteiger partial charge in [-0.1, -0.05) is 41.9 Å². The van der Waals surface area contributed by atoms with E-state index in [1.807, 2.05) is 48.5 Å². The summed E-state index contributed by atoms with van der Waals surface area (Å²) in [6.45, 7) is 2.11. The van der Waals surface area contributed by atoms with E-state index in [0.29, 0.717) is 34.3 Å². The molecule has 3 N–H and O–H groups in total. The summed E-state index contributed by atoms with van der Waals surface area (Å²) in [5.41, 5.74) is 6.39. The van der Waals surface area contributed by atoms with Gasteiger partial charge in [-0.3, -0.25) is 9.89 Å². The molecular weight excluding hydrogens is 440 g/mol. The largest absolute Gasteiger partial charge is 0.508 e. The average molecular weight is 461 g/mol. The molecule has 0 aliphatic carbocycles. The number of phenolic OH excluding ortho intramolecular Hbond substituents is 1. The molecule has 3 aromatic carbocycles. The van der Waals surface area contributed by atoms with Crippen LogP contribution in [0.5, 0.6) is 11.5 Å². The molecule has 0 unspecified atom stereocenters. The Kier molecular flexibility index (Phi) is 6.71. The van der Waals surface area contributed by atoms with Gasteiger partial charge in [0.1, 0.15) is 23.8 Å². The number of nitrogens with one attached hydrogen (secondary N) is 2. The second kappa shape index (κ2) is 10.0. The van der Waals surface area contributed by atoms with Gasteiger partial charge in [0, 0.05) is 21.7 Å². The number of hydrogen-bond donors (Lipinski definition) is 3. The van der Waals surface area contributed by atoms with Crippen molar-refractivity contribution < 1.29 is 14.6 Å². The zero-order valence-electron chi connectivity index (χ0n) is 17.7. The molecule has 0 fully saturated rings. The SMILES string of the molecule is C/C(=N/NC(=O)c1cc(-c2ccc(OCc3ccccc3Cl)cc2)n[nH]1)c1cccc(O)c1. The lowest BCUT2D eigenvalue weighted by atomic mass is 10.1. The van der Waals surface area contributed by atoms with Crippen LogP contribution in [0.4, 0.5) is 0 Å². The maximum Gasteiger partial charge on any atom is 0.289 e. The van der Waals surface area contributed by atoms with Crippen molar-refractivity contribution in [1.29, 1.82) is 0 Å². The van der Waals surface area contributed by atoms with Crippen LogP contribution in [0.15, 0.2) is 84.0 Å². The van der Waals surface area contributed by atoms with Crippen LogP contribution in [0, 0.1) is 0 Å². The van der Waals surface area contributed by atoms with Crippen LogP contribution in [0.25, 0.3) is 11.3 Å². The van der Waals surface area contributed by atoms with Crippen molar-refractivity contribution in [2.24, 2.45) is 5.10 Å². The van der Waals surface area contributed by atoms with Crippen LogP contribution < -0.4 is 10.2 Å². The smallest absolute Gasteiger partial charge is 0.289 e. The van der Waals surface area contributed by atoms with E-state index in [2.05, 4.69) is 20.7 Å². The van der Waals surface area contributed by atoms with Gasteiger partial charge in [-0.25, -0.2) is 5.43 Å². The van der Waals surface area contributed by atoms with Crippen LogP contribution in [-0.4, -0.2) is 26.9 Å². The molecule has 0 aliphatic rings. The van der Waals surface area contributed by atoms with Gasteiger partial charge >= 0.3 is 0 Å². The predicted octanol–water partition coefficient (Wildman–Crippen LogP) is 5.17. The highest BCUT2D eigenvalue weighted by atomic mass is 35.5. The number of aromatic hydroxyl groups is 1. The molecule has 0 bridgehead atoms. The van der Waals surface area contributed by atoms with Gasteiger partial charge < -0.3 is 9.84 Å². The molecule has 1 heterocycles. The summed E-state index contributed by atoms with van der Waals surface area (Å²) >= 11 is 6.16. The zero-order valence-corrected chi connectivity index (χ0v) is 18.5. The molecule has 0 spiro atoms. The van der Waals surface area contributed by atoms with E-state index in [-0.39, 0.29) is 11.4 Å². The maximum atomic E-state index is 12.4. The van der Waals surface area contributed by atoms with Crippen molar-refractivity contribution in [2.75, 3.05) is 0 Å². The van der Waals surface area contributed by atoms with E-state index in [4.69, 9.17) is 16.3 Å².